The minimum Gasteiger partial charge on any atom is -0.373 e. The van der Waals surface area contributed by atoms with Gasteiger partial charge in [-0.1, -0.05) is 17.7 Å². The maximum absolute atomic E-state index is 13.1. The zero-order chi connectivity index (χ0) is 18.1. The lowest BCUT2D eigenvalue weighted by Gasteiger charge is -2.17. The van der Waals surface area contributed by atoms with Crippen LogP contribution in [0.2, 0.25) is 5.02 Å². The van der Waals surface area contributed by atoms with Crippen molar-refractivity contribution in [3.63, 3.8) is 0 Å². The van der Waals surface area contributed by atoms with Crippen molar-refractivity contribution in [1.82, 2.24) is 0 Å². The van der Waals surface area contributed by atoms with Gasteiger partial charge in [-0.3, -0.25) is 10.1 Å². The largest absolute Gasteiger partial charge is 0.373 e. The van der Waals surface area contributed by atoms with Crippen LogP contribution < -0.4 is 10.5 Å². The van der Waals surface area contributed by atoms with Gasteiger partial charge in [0.2, 0.25) is 10.0 Å². The van der Waals surface area contributed by atoms with E-state index < -0.39 is 32.5 Å². The van der Waals surface area contributed by atoms with Gasteiger partial charge in [0.25, 0.3) is 5.69 Å². The van der Waals surface area contributed by atoms with Crippen LogP contribution in [0.3, 0.4) is 0 Å². The van der Waals surface area contributed by atoms with E-state index >= 15 is 0 Å². The number of benzene rings is 2. The molecule has 1 unspecified atom stereocenters. The number of nitro groups is 1. The second kappa shape index (κ2) is 6.71. The van der Waals surface area contributed by atoms with Gasteiger partial charge < -0.3 is 5.32 Å². The van der Waals surface area contributed by atoms with Crippen LogP contribution in [0.1, 0.15) is 18.5 Å². The molecule has 0 aromatic heterocycles. The molecule has 7 nitrogen and oxygen atoms in total. The van der Waals surface area contributed by atoms with Crippen LogP contribution in [0, 0.1) is 15.9 Å². The first-order valence-corrected chi connectivity index (χ1v) is 8.54. The third kappa shape index (κ3) is 3.99. The van der Waals surface area contributed by atoms with Crippen molar-refractivity contribution in [1.29, 1.82) is 0 Å². The van der Waals surface area contributed by atoms with Crippen LogP contribution in [0.15, 0.2) is 41.3 Å². The van der Waals surface area contributed by atoms with Crippen molar-refractivity contribution in [2.24, 2.45) is 5.14 Å². The molecular weight excluding hydrogens is 361 g/mol. The van der Waals surface area contributed by atoms with E-state index in [4.69, 9.17) is 16.7 Å². The fraction of sp³-hybridized carbons (Fsp3) is 0.143. The van der Waals surface area contributed by atoms with Crippen molar-refractivity contribution < 1.29 is 17.7 Å². The Labute approximate surface area is 142 Å². The molecule has 0 saturated heterocycles. The van der Waals surface area contributed by atoms with Gasteiger partial charge in [0, 0.05) is 11.1 Å². The number of rotatable bonds is 5. The second-order valence-electron chi connectivity index (χ2n) is 5.01. The van der Waals surface area contributed by atoms with E-state index in [2.05, 4.69) is 5.32 Å². The fourth-order valence-corrected chi connectivity index (χ4v) is 2.99. The van der Waals surface area contributed by atoms with Crippen LogP contribution in [0.25, 0.3) is 0 Å². The summed E-state index contributed by atoms with van der Waals surface area (Å²) in [5.41, 5.74) is 0.162. The SMILES string of the molecule is CC(Nc1ccc(S(N)(=O)=O)cc1[N+](=O)[O-])c1ccc(F)cc1Cl. The van der Waals surface area contributed by atoms with Gasteiger partial charge in [-0.15, -0.1) is 0 Å². The summed E-state index contributed by atoms with van der Waals surface area (Å²) in [6.45, 7) is 1.68. The number of halogens is 2. The normalized spacial score (nSPS) is 12.7. The van der Waals surface area contributed by atoms with Crippen molar-refractivity contribution in [2.45, 2.75) is 17.9 Å². The third-order valence-corrected chi connectivity index (χ3v) is 4.53. The van der Waals surface area contributed by atoms with E-state index in [1.54, 1.807) is 6.92 Å². The van der Waals surface area contributed by atoms with Crippen LogP contribution >= 0.6 is 11.6 Å². The number of sulfonamides is 1. The van der Waals surface area contributed by atoms with Crippen molar-refractivity contribution >= 4 is 33.0 Å². The monoisotopic (exact) mass is 373 g/mol. The molecule has 0 saturated carbocycles. The molecule has 24 heavy (non-hydrogen) atoms. The lowest BCUT2D eigenvalue weighted by atomic mass is 10.1. The van der Waals surface area contributed by atoms with E-state index in [-0.39, 0.29) is 15.6 Å². The predicted molar refractivity (Wildman–Crippen MR) is 87.9 cm³/mol. The molecule has 1 atom stereocenters. The number of nitrogens with one attached hydrogen (secondary N) is 1. The number of hydrogen-bond acceptors (Lipinski definition) is 5. The highest BCUT2D eigenvalue weighted by Gasteiger charge is 2.21. The maximum Gasteiger partial charge on any atom is 0.293 e. The Kier molecular flexibility index (Phi) is 5.07. The minimum atomic E-state index is -4.06. The lowest BCUT2D eigenvalue weighted by molar-refractivity contribution is -0.384. The number of primary sulfonamides is 1. The molecule has 0 aliphatic heterocycles. The van der Waals surface area contributed by atoms with E-state index in [0.29, 0.717) is 5.56 Å². The van der Waals surface area contributed by atoms with Gasteiger partial charge in [0.15, 0.2) is 0 Å². The molecular formula is C14H13ClFN3O4S. The smallest absolute Gasteiger partial charge is 0.293 e. The standard InChI is InChI=1S/C14H13ClFN3O4S/c1-8(11-4-2-9(16)6-12(11)15)18-13-5-3-10(24(17,22)23)7-14(13)19(20)21/h2-8,18H,1H3,(H2,17,22,23). The highest BCUT2D eigenvalue weighted by molar-refractivity contribution is 7.89. The Hall–Kier alpha value is -2.23. The van der Waals surface area contributed by atoms with E-state index in [1.165, 1.54) is 18.2 Å². The van der Waals surface area contributed by atoms with Crippen molar-refractivity contribution in [3.8, 4) is 0 Å². The Morgan fingerprint density at radius 3 is 2.50 bits per heavy atom. The summed E-state index contributed by atoms with van der Waals surface area (Å²) < 4.78 is 35.7. The van der Waals surface area contributed by atoms with Crippen LogP contribution in [-0.4, -0.2) is 13.3 Å². The molecule has 0 bridgehead atoms. The molecule has 2 aromatic rings. The summed E-state index contributed by atoms with van der Waals surface area (Å²) in [6, 6.07) is 6.59. The minimum absolute atomic E-state index is 0.0836. The molecule has 0 radical (unpaired) electrons. The van der Waals surface area contributed by atoms with Crippen LogP contribution in [0.4, 0.5) is 15.8 Å². The average Bonchev–Trinajstić information content (AvgIpc) is 2.45. The molecule has 0 spiro atoms. The highest BCUT2D eigenvalue weighted by atomic mass is 35.5. The first kappa shape index (κ1) is 18.1. The Morgan fingerprint density at radius 1 is 1.29 bits per heavy atom. The molecule has 2 aromatic carbocycles. The lowest BCUT2D eigenvalue weighted by Crippen LogP contribution is -2.14. The zero-order valence-corrected chi connectivity index (χ0v) is 13.9. The third-order valence-electron chi connectivity index (χ3n) is 3.30. The number of nitrogens with two attached hydrogens (primary N) is 1. The highest BCUT2D eigenvalue weighted by Crippen LogP contribution is 2.32. The summed E-state index contributed by atoms with van der Waals surface area (Å²) in [7, 11) is -4.06. The molecule has 0 amide bonds. The summed E-state index contributed by atoms with van der Waals surface area (Å²) in [6.07, 6.45) is 0. The van der Waals surface area contributed by atoms with Gasteiger partial charge in [0.1, 0.15) is 11.5 Å². The molecule has 3 N–H and O–H groups in total. The fourth-order valence-electron chi connectivity index (χ4n) is 2.13. The Morgan fingerprint density at radius 2 is 1.96 bits per heavy atom. The molecule has 0 fully saturated rings. The molecule has 0 heterocycles. The maximum atomic E-state index is 13.1. The number of nitro benzene ring substituents is 1. The molecule has 2 rings (SSSR count). The summed E-state index contributed by atoms with van der Waals surface area (Å²) in [4.78, 5) is 10.1. The van der Waals surface area contributed by atoms with Crippen LogP contribution in [-0.2, 0) is 10.0 Å². The molecule has 0 aliphatic rings. The Bertz CT molecular complexity index is 905. The van der Waals surface area contributed by atoms with Gasteiger partial charge in [-0.05, 0) is 36.8 Å². The Balaban J connectivity index is 2.40. The first-order valence-electron chi connectivity index (χ1n) is 6.62. The second-order valence-corrected chi connectivity index (χ2v) is 6.98. The van der Waals surface area contributed by atoms with E-state index in [9.17, 15) is 22.9 Å². The van der Waals surface area contributed by atoms with Gasteiger partial charge >= 0.3 is 0 Å². The zero-order valence-electron chi connectivity index (χ0n) is 12.4. The average molecular weight is 374 g/mol. The molecule has 128 valence electrons. The summed E-state index contributed by atoms with van der Waals surface area (Å²) in [5.74, 6) is -0.501. The number of anilines is 1. The van der Waals surface area contributed by atoms with Gasteiger partial charge in [-0.25, -0.2) is 17.9 Å². The number of hydrogen-bond donors (Lipinski definition) is 2. The quantitative estimate of drug-likeness (QED) is 0.616. The number of nitrogens with zero attached hydrogens (tertiary/aromatic N) is 1. The van der Waals surface area contributed by atoms with Crippen LogP contribution in [0.5, 0.6) is 0 Å². The van der Waals surface area contributed by atoms with Gasteiger partial charge in [0.05, 0.1) is 15.9 Å². The summed E-state index contributed by atoms with van der Waals surface area (Å²) >= 11 is 5.97. The first-order chi connectivity index (χ1) is 11.1. The van der Waals surface area contributed by atoms with E-state index in [1.807, 2.05) is 0 Å². The van der Waals surface area contributed by atoms with Gasteiger partial charge in [-0.2, -0.15) is 0 Å². The molecule has 0 aliphatic carbocycles. The van der Waals surface area contributed by atoms with Crippen molar-refractivity contribution in [3.05, 3.63) is 62.9 Å². The van der Waals surface area contributed by atoms with E-state index in [0.717, 1.165) is 18.2 Å². The van der Waals surface area contributed by atoms with Crippen molar-refractivity contribution in [2.75, 3.05) is 5.32 Å². The predicted octanol–water partition coefficient (Wildman–Crippen LogP) is 3.21. The topological polar surface area (TPSA) is 115 Å². The summed E-state index contributed by atoms with van der Waals surface area (Å²) in [5, 5.41) is 19.2. The molecule has 10 heteroatoms.